The topological polar surface area (TPSA) is 37.8 Å². The number of aromatic nitrogens is 2. The highest BCUT2D eigenvalue weighted by Gasteiger charge is 2.30. The zero-order chi connectivity index (χ0) is 18.6. The van der Waals surface area contributed by atoms with Crippen molar-refractivity contribution >= 4 is 39.0 Å². The molecule has 3 rings (SSSR count). The highest BCUT2D eigenvalue weighted by molar-refractivity contribution is 7.19. The Morgan fingerprint density at radius 1 is 1.12 bits per heavy atom. The maximum absolute atomic E-state index is 12.8. The van der Waals surface area contributed by atoms with Crippen molar-refractivity contribution in [1.29, 1.82) is 0 Å². The molecule has 0 bridgehead atoms. The summed E-state index contributed by atoms with van der Waals surface area (Å²) in [6.07, 6.45) is -2.86. The summed E-state index contributed by atoms with van der Waals surface area (Å²) in [6, 6.07) is 7.27. The molecule has 1 N–H and O–H groups in total. The lowest BCUT2D eigenvalue weighted by Crippen LogP contribution is -2.07. The second-order valence-electron chi connectivity index (χ2n) is 5.24. The van der Waals surface area contributed by atoms with Gasteiger partial charge in [-0.15, -0.1) is 22.9 Å². The first-order chi connectivity index (χ1) is 11.8. The van der Waals surface area contributed by atoms with Gasteiger partial charge in [-0.2, -0.15) is 13.2 Å². The summed E-state index contributed by atoms with van der Waals surface area (Å²) in [7, 11) is 0. The Kier molecular flexibility index (Phi) is 6.24. The van der Waals surface area contributed by atoms with Crippen LogP contribution < -0.4 is 5.32 Å². The lowest BCUT2D eigenvalue weighted by Gasteiger charge is -2.10. The van der Waals surface area contributed by atoms with E-state index in [4.69, 9.17) is 0 Å². The van der Waals surface area contributed by atoms with E-state index < -0.39 is 11.7 Å². The van der Waals surface area contributed by atoms with Crippen LogP contribution >= 0.6 is 22.9 Å². The van der Waals surface area contributed by atoms with Crippen LogP contribution in [0.25, 0.3) is 10.2 Å². The molecule has 25 heavy (non-hydrogen) atoms. The van der Waals surface area contributed by atoms with Crippen LogP contribution in [0.5, 0.6) is 0 Å². The van der Waals surface area contributed by atoms with Gasteiger partial charge in [0.05, 0.1) is 15.8 Å². The monoisotopic (exact) mass is 387 g/mol. The average molecular weight is 388 g/mol. The number of anilines is 1. The summed E-state index contributed by atoms with van der Waals surface area (Å²) in [5, 5.41) is 3.13. The average Bonchev–Trinajstić information content (AvgIpc) is 2.94. The molecule has 0 aliphatic carbocycles. The number of hydrogen-bond donors (Lipinski definition) is 1. The van der Waals surface area contributed by atoms with Crippen molar-refractivity contribution in [2.75, 3.05) is 11.7 Å². The van der Waals surface area contributed by atoms with Gasteiger partial charge in [-0.1, -0.05) is 12.1 Å². The molecule has 134 valence electrons. The van der Waals surface area contributed by atoms with Gasteiger partial charge in [0.2, 0.25) is 0 Å². The lowest BCUT2D eigenvalue weighted by molar-refractivity contribution is -0.137. The number of alkyl halides is 4. The Hall–Kier alpha value is -1.86. The third-order valence-electron chi connectivity index (χ3n) is 3.32. The number of aryl methyl sites for hydroxylation is 2. The molecule has 0 aliphatic rings. The number of nitrogens with zero attached hydrogens (tertiary/aromatic N) is 2. The molecular formula is C17H17ClF3N3S. The maximum atomic E-state index is 12.8. The van der Waals surface area contributed by atoms with E-state index in [-0.39, 0.29) is 6.54 Å². The van der Waals surface area contributed by atoms with Gasteiger partial charge in [-0.3, -0.25) is 0 Å². The van der Waals surface area contributed by atoms with Crippen molar-refractivity contribution in [3.63, 3.8) is 0 Å². The number of rotatable bonds is 3. The zero-order valence-electron chi connectivity index (χ0n) is 13.9. The lowest BCUT2D eigenvalue weighted by atomic mass is 10.1. The second kappa shape index (κ2) is 8.01. The molecule has 2 heterocycles. The maximum Gasteiger partial charge on any atom is 0.416 e. The molecule has 3 aromatic rings. The first-order valence-electron chi connectivity index (χ1n) is 7.35. The predicted molar refractivity (Wildman–Crippen MR) is 97.4 cm³/mol. The highest BCUT2D eigenvalue weighted by Crippen LogP contribution is 2.31. The molecule has 1 aromatic carbocycles. The Morgan fingerprint density at radius 3 is 2.52 bits per heavy atom. The summed E-state index contributed by atoms with van der Waals surface area (Å²) in [6.45, 7) is 4.05. The van der Waals surface area contributed by atoms with Crippen molar-refractivity contribution in [1.82, 2.24) is 9.97 Å². The molecule has 0 atom stereocenters. The van der Waals surface area contributed by atoms with Crippen LogP contribution in [0.2, 0.25) is 0 Å². The summed E-state index contributed by atoms with van der Waals surface area (Å²) in [5.74, 6) is 1.28. The number of benzene rings is 1. The van der Waals surface area contributed by atoms with Crippen LogP contribution in [0.4, 0.5) is 19.0 Å². The molecule has 8 heteroatoms. The van der Waals surface area contributed by atoms with E-state index in [0.717, 1.165) is 27.2 Å². The first-order valence-corrected chi connectivity index (χ1v) is 8.93. The van der Waals surface area contributed by atoms with Gasteiger partial charge in [-0.05, 0) is 37.6 Å². The second-order valence-corrected chi connectivity index (χ2v) is 6.50. The van der Waals surface area contributed by atoms with Gasteiger partial charge in [0.15, 0.2) is 0 Å². The van der Waals surface area contributed by atoms with E-state index in [2.05, 4.69) is 26.9 Å². The van der Waals surface area contributed by atoms with Crippen LogP contribution in [-0.2, 0) is 12.7 Å². The molecule has 0 radical (unpaired) electrons. The smallest absolute Gasteiger partial charge is 0.365 e. The quantitative estimate of drug-likeness (QED) is 0.577. The molecule has 3 nitrogen and oxygen atoms in total. The Morgan fingerprint density at radius 2 is 1.84 bits per heavy atom. The summed E-state index contributed by atoms with van der Waals surface area (Å²) >= 11 is 6.20. The third kappa shape index (κ3) is 4.83. The molecule has 0 unspecified atom stereocenters. The fraction of sp³-hybridized carbons (Fsp3) is 0.294. The Balaban J connectivity index is 0.00000109. The van der Waals surface area contributed by atoms with Gasteiger partial charge in [0, 0.05) is 17.8 Å². The van der Waals surface area contributed by atoms with Gasteiger partial charge in [0.1, 0.15) is 11.6 Å². The number of fused-ring (bicyclic) bond motifs is 1. The van der Waals surface area contributed by atoms with Crippen LogP contribution in [0, 0.1) is 13.8 Å². The van der Waals surface area contributed by atoms with Gasteiger partial charge < -0.3 is 5.32 Å². The standard InChI is InChI=1S/C16H14F3N3S.CH3Cl/c1-9-6-13-14(23-9)15(22-10(2)21-13)20-8-11-4-3-5-12(7-11)16(17,18)19;1-2/h3-7H,8H2,1-2H3,(H,20,21,22);1H3. The molecule has 0 fully saturated rings. The van der Waals surface area contributed by atoms with Crippen LogP contribution in [-0.4, -0.2) is 16.4 Å². The van der Waals surface area contributed by atoms with Crippen LogP contribution in [0.3, 0.4) is 0 Å². The predicted octanol–water partition coefficient (Wildman–Crippen LogP) is 5.79. The Labute approximate surface area is 152 Å². The molecule has 0 spiro atoms. The minimum absolute atomic E-state index is 0.270. The number of halogens is 4. The third-order valence-corrected chi connectivity index (χ3v) is 4.37. The fourth-order valence-corrected chi connectivity index (χ4v) is 3.24. The number of thiophene rings is 1. The summed E-state index contributed by atoms with van der Waals surface area (Å²) < 4.78 is 39.2. The van der Waals surface area contributed by atoms with Gasteiger partial charge in [0.25, 0.3) is 0 Å². The van der Waals surface area contributed by atoms with E-state index in [1.54, 1.807) is 24.3 Å². The van der Waals surface area contributed by atoms with Gasteiger partial charge in [-0.25, -0.2) is 9.97 Å². The van der Waals surface area contributed by atoms with Crippen molar-refractivity contribution in [2.24, 2.45) is 0 Å². The Bertz CT molecular complexity index is 862. The van der Waals surface area contributed by atoms with Crippen molar-refractivity contribution in [3.8, 4) is 0 Å². The first kappa shape index (κ1) is 19.5. The van der Waals surface area contributed by atoms with E-state index in [1.807, 2.05) is 13.0 Å². The van der Waals surface area contributed by atoms with Crippen molar-refractivity contribution in [3.05, 3.63) is 52.2 Å². The highest BCUT2D eigenvalue weighted by atomic mass is 35.5. The van der Waals surface area contributed by atoms with Crippen molar-refractivity contribution in [2.45, 2.75) is 26.6 Å². The zero-order valence-corrected chi connectivity index (χ0v) is 15.5. The molecular weight excluding hydrogens is 371 g/mol. The minimum atomic E-state index is -4.33. The molecule has 0 aliphatic heterocycles. The fourth-order valence-electron chi connectivity index (χ4n) is 2.33. The molecule has 2 aromatic heterocycles. The van der Waals surface area contributed by atoms with Gasteiger partial charge >= 0.3 is 6.18 Å². The normalized spacial score (nSPS) is 11.2. The van der Waals surface area contributed by atoms with E-state index in [0.29, 0.717) is 17.2 Å². The van der Waals surface area contributed by atoms with Crippen LogP contribution in [0.1, 0.15) is 21.8 Å². The largest absolute Gasteiger partial charge is 0.416 e. The van der Waals surface area contributed by atoms with Crippen molar-refractivity contribution < 1.29 is 13.2 Å². The summed E-state index contributed by atoms with van der Waals surface area (Å²) in [4.78, 5) is 9.85. The van der Waals surface area contributed by atoms with E-state index in [9.17, 15) is 13.2 Å². The SMILES string of the molecule is CCl.Cc1nc(NCc2cccc(C(F)(F)F)c2)c2sc(C)cc2n1. The van der Waals surface area contributed by atoms with Crippen LogP contribution in [0.15, 0.2) is 30.3 Å². The van der Waals surface area contributed by atoms with E-state index in [1.165, 1.54) is 12.4 Å². The molecule has 0 saturated heterocycles. The minimum Gasteiger partial charge on any atom is -0.365 e. The van der Waals surface area contributed by atoms with E-state index >= 15 is 0 Å². The molecule has 0 saturated carbocycles. The molecule has 0 amide bonds. The number of nitrogens with one attached hydrogen (secondary N) is 1. The summed E-state index contributed by atoms with van der Waals surface area (Å²) in [5.41, 5.74) is 0.761. The number of hydrogen-bond acceptors (Lipinski definition) is 4.